The van der Waals surface area contributed by atoms with Crippen LogP contribution >= 0.6 is 0 Å². The summed E-state index contributed by atoms with van der Waals surface area (Å²) < 4.78 is 5.53. The Morgan fingerprint density at radius 1 is 1.05 bits per heavy atom. The van der Waals surface area contributed by atoms with Crippen LogP contribution in [0.25, 0.3) is 0 Å². The Morgan fingerprint density at radius 3 is 2.19 bits per heavy atom. The summed E-state index contributed by atoms with van der Waals surface area (Å²) in [6.07, 6.45) is 1.02. The van der Waals surface area contributed by atoms with Gasteiger partial charge in [-0.3, -0.25) is 0 Å². The second-order valence-electron chi connectivity index (χ2n) is 6.23. The summed E-state index contributed by atoms with van der Waals surface area (Å²) in [4.78, 5) is 9.21. The van der Waals surface area contributed by atoms with Gasteiger partial charge >= 0.3 is 0 Å². The zero-order valence-corrected chi connectivity index (χ0v) is 14.5. The van der Waals surface area contributed by atoms with Gasteiger partial charge in [-0.05, 0) is 44.2 Å². The molecule has 4 nitrogen and oxygen atoms in total. The van der Waals surface area contributed by atoms with Crippen molar-refractivity contribution in [3.05, 3.63) is 22.8 Å². The molecule has 0 amide bonds. The molecular formula is C17H31N3O. The minimum Gasteiger partial charge on any atom is -0.373 e. The first-order valence-corrected chi connectivity index (χ1v) is 8.08. The molecule has 4 heteroatoms. The fourth-order valence-electron chi connectivity index (χ4n) is 2.57. The zero-order valence-electron chi connectivity index (χ0n) is 14.5. The van der Waals surface area contributed by atoms with Crippen molar-refractivity contribution in [1.82, 2.24) is 15.3 Å². The number of aryl methyl sites for hydroxylation is 2. The summed E-state index contributed by atoms with van der Waals surface area (Å²) in [6.45, 7) is 16.2. The zero-order chi connectivity index (χ0) is 15.8. The van der Waals surface area contributed by atoms with E-state index in [1.165, 1.54) is 5.56 Å². The molecular weight excluding hydrogens is 262 g/mol. The first kappa shape index (κ1) is 18.1. The minimum absolute atomic E-state index is 0.425. The van der Waals surface area contributed by atoms with Crippen LogP contribution in [-0.2, 0) is 11.3 Å². The molecule has 0 fully saturated rings. The molecule has 1 unspecified atom stereocenters. The third kappa shape index (κ3) is 6.10. The van der Waals surface area contributed by atoms with Crippen molar-refractivity contribution in [2.75, 3.05) is 19.7 Å². The van der Waals surface area contributed by atoms with Crippen molar-refractivity contribution in [2.45, 2.75) is 60.5 Å². The highest BCUT2D eigenvalue weighted by Crippen LogP contribution is 2.21. The molecule has 1 atom stereocenters. The number of nitrogens with zero attached hydrogens (tertiary/aromatic N) is 2. The second kappa shape index (κ2) is 9.11. The van der Waals surface area contributed by atoms with Crippen LogP contribution in [0.2, 0.25) is 0 Å². The molecule has 0 saturated heterocycles. The first-order chi connectivity index (χ1) is 9.95. The lowest BCUT2D eigenvalue weighted by Crippen LogP contribution is -2.25. The Balaban J connectivity index is 2.69. The largest absolute Gasteiger partial charge is 0.373 e. The molecule has 0 bridgehead atoms. The van der Waals surface area contributed by atoms with Gasteiger partial charge < -0.3 is 10.1 Å². The fraction of sp³-hybridized carbons (Fsp3) is 0.765. The molecule has 1 N–H and O–H groups in total. The van der Waals surface area contributed by atoms with Crippen LogP contribution < -0.4 is 5.32 Å². The maximum absolute atomic E-state index is 5.53. The lowest BCUT2D eigenvalue weighted by atomic mass is 9.98. The molecule has 0 aromatic carbocycles. The Kier molecular flexibility index (Phi) is 7.83. The van der Waals surface area contributed by atoms with Gasteiger partial charge in [-0.25, -0.2) is 9.97 Å². The number of aromatic nitrogens is 2. The lowest BCUT2D eigenvalue weighted by Gasteiger charge is -2.18. The van der Waals surface area contributed by atoms with Gasteiger partial charge in [-0.1, -0.05) is 27.7 Å². The summed E-state index contributed by atoms with van der Waals surface area (Å²) in [7, 11) is 0. The number of rotatable bonds is 9. The highest BCUT2D eigenvalue weighted by Gasteiger charge is 2.15. The van der Waals surface area contributed by atoms with Crippen LogP contribution in [0.5, 0.6) is 0 Å². The highest BCUT2D eigenvalue weighted by atomic mass is 16.5. The molecule has 1 rings (SSSR count). The average molecular weight is 293 g/mol. The van der Waals surface area contributed by atoms with Gasteiger partial charge in [0, 0.05) is 24.5 Å². The van der Waals surface area contributed by atoms with E-state index in [9.17, 15) is 0 Å². The Morgan fingerprint density at radius 2 is 1.67 bits per heavy atom. The molecule has 0 aliphatic rings. The van der Waals surface area contributed by atoms with Crippen LogP contribution in [0.3, 0.4) is 0 Å². The summed E-state index contributed by atoms with van der Waals surface area (Å²) in [5, 5.41) is 3.51. The van der Waals surface area contributed by atoms with Crippen molar-refractivity contribution < 1.29 is 4.74 Å². The van der Waals surface area contributed by atoms with E-state index < -0.39 is 0 Å². The van der Waals surface area contributed by atoms with E-state index in [0.717, 1.165) is 43.3 Å². The van der Waals surface area contributed by atoms with E-state index in [1.807, 2.05) is 0 Å². The SMILES string of the molecule is CCCOCc1nc(C)c(C(C)CNCC(C)C)c(C)n1. The normalized spacial score (nSPS) is 12.9. The number of nitrogens with one attached hydrogen (secondary N) is 1. The van der Waals surface area contributed by atoms with Gasteiger partial charge in [0.25, 0.3) is 0 Å². The smallest absolute Gasteiger partial charge is 0.154 e. The van der Waals surface area contributed by atoms with Crippen molar-refractivity contribution >= 4 is 0 Å². The van der Waals surface area contributed by atoms with Gasteiger partial charge in [0.15, 0.2) is 5.82 Å². The number of ether oxygens (including phenoxy) is 1. The molecule has 1 heterocycles. The molecule has 1 aromatic heterocycles. The third-order valence-corrected chi connectivity index (χ3v) is 3.45. The van der Waals surface area contributed by atoms with Gasteiger partial charge in [0.1, 0.15) is 6.61 Å². The monoisotopic (exact) mass is 293 g/mol. The Bertz CT molecular complexity index is 409. The maximum Gasteiger partial charge on any atom is 0.154 e. The van der Waals surface area contributed by atoms with Gasteiger partial charge in [0.05, 0.1) is 0 Å². The minimum atomic E-state index is 0.425. The van der Waals surface area contributed by atoms with Crippen molar-refractivity contribution in [3.63, 3.8) is 0 Å². The summed E-state index contributed by atoms with van der Waals surface area (Å²) in [5.41, 5.74) is 3.43. The van der Waals surface area contributed by atoms with Crippen LogP contribution in [0.15, 0.2) is 0 Å². The van der Waals surface area contributed by atoms with Crippen LogP contribution in [0.4, 0.5) is 0 Å². The van der Waals surface area contributed by atoms with E-state index in [4.69, 9.17) is 4.74 Å². The Hall–Kier alpha value is -1.00. The molecule has 0 aliphatic heterocycles. The fourth-order valence-corrected chi connectivity index (χ4v) is 2.57. The summed E-state index contributed by atoms with van der Waals surface area (Å²) in [5.74, 6) is 1.90. The van der Waals surface area contributed by atoms with E-state index >= 15 is 0 Å². The second-order valence-corrected chi connectivity index (χ2v) is 6.23. The van der Waals surface area contributed by atoms with Crippen molar-refractivity contribution in [1.29, 1.82) is 0 Å². The molecule has 120 valence electrons. The van der Waals surface area contributed by atoms with Gasteiger partial charge in [-0.15, -0.1) is 0 Å². The quantitative estimate of drug-likeness (QED) is 0.709. The van der Waals surface area contributed by atoms with E-state index in [0.29, 0.717) is 18.4 Å². The summed E-state index contributed by atoms with van der Waals surface area (Å²) >= 11 is 0. The molecule has 0 spiro atoms. The van der Waals surface area contributed by atoms with Crippen molar-refractivity contribution in [2.24, 2.45) is 5.92 Å². The molecule has 0 aliphatic carbocycles. The van der Waals surface area contributed by atoms with Crippen LogP contribution in [0, 0.1) is 19.8 Å². The predicted molar refractivity (Wildman–Crippen MR) is 87.6 cm³/mol. The van der Waals surface area contributed by atoms with E-state index in [2.05, 4.69) is 56.8 Å². The van der Waals surface area contributed by atoms with Crippen LogP contribution in [0.1, 0.15) is 62.8 Å². The average Bonchev–Trinajstić information content (AvgIpc) is 2.37. The van der Waals surface area contributed by atoms with Crippen molar-refractivity contribution in [3.8, 4) is 0 Å². The maximum atomic E-state index is 5.53. The third-order valence-electron chi connectivity index (χ3n) is 3.45. The molecule has 21 heavy (non-hydrogen) atoms. The predicted octanol–water partition coefficient (Wildman–Crippen LogP) is 3.37. The topological polar surface area (TPSA) is 47.0 Å². The van der Waals surface area contributed by atoms with Crippen LogP contribution in [-0.4, -0.2) is 29.7 Å². The Labute approximate surface area is 129 Å². The first-order valence-electron chi connectivity index (χ1n) is 8.08. The number of hydrogen-bond acceptors (Lipinski definition) is 4. The van der Waals surface area contributed by atoms with Gasteiger partial charge in [0.2, 0.25) is 0 Å². The highest BCUT2D eigenvalue weighted by molar-refractivity contribution is 5.28. The molecule has 0 saturated carbocycles. The molecule has 1 aromatic rings. The summed E-state index contributed by atoms with van der Waals surface area (Å²) in [6, 6.07) is 0. The molecule has 0 radical (unpaired) electrons. The van der Waals surface area contributed by atoms with E-state index in [-0.39, 0.29) is 0 Å². The number of hydrogen-bond donors (Lipinski definition) is 1. The standard InChI is InChI=1S/C17H31N3O/c1-7-8-21-11-16-19-14(5)17(15(6)20-16)13(4)10-18-9-12(2)3/h12-13,18H,7-11H2,1-6H3. The van der Waals surface area contributed by atoms with Gasteiger partial charge in [-0.2, -0.15) is 0 Å². The van der Waals surface area contributed by atoms with E-state index in [1.54, 1.807) is 0 Å². The lowest BCUT2D eigenvalue weighted by molar-refractivity contribution is 0.115.